The Bertz CT molecular complexity index is 1530. The molecule has 0 aromatic carbocycles. The summed E-state index contributed by atoms with van der Waals surface area (Å²) in [4.78, 5) is 54.3. The molecule has 0 heterocycles. The summed E-state index contributed by atoms with van der Waals surface area (Å²) in [6, 6.07) is 0. The molecule has 1 aliphatic rings. The quantitative estimate of drug-likeness (QED) is 0.00951. The van der Waals surface area contributed by atoms with E-state index < -0.39 is 89.6 Å². The standard InChI is InChI=1S/C47H82O17P2/c1-3-5-7-9-11-13-14-15-16-17-18-20-22-26-31-35-41(50)62-39(37-61-66(58,59)64-47-44(53)42(51)43(52)46(45(47)54)63-65(55,56)57)36-60-40(49)34-30-27-23-25-29-33-38(48)32-28-24-21-19-12-10-8-6-4-2/h12-14,19,23-25,28-29,33,38-39,42-48,51-54H,3-11,15-18,20-22,26-27,30-32,34-37H2,1-2H3,(H,58,59)(H2,55,56,57)/b14-13-,19-12-,25-23+,28-24-,33-29-/t38?,39-,42?,43?,44?,45?,46-,47+/m1/s1. The van der Waals surface area contributed by atoms with Gasteiger partial charge in [-0.3, -0.25) is 23.2 Å². The van der Waals surface area contributed by atoms with E-state index in [0.29, 0.717) is 25.7 Å². The van der Waals surface area contributed by atoms with Gasteiger partial charge in [0.1, 0.15) is 43.2 Å². The fraction of sp³-hybridized carbons (Fsp3) is 0.745. The van der Waals surface area contributed by atoms with Gasteiger partial charge < -0.3 is 49.7 Å². The maximum Gasteiger partial charge on any atom is 0.472 e. The summed E-state index contributed by atoms with van der Waals surface area (Å²) < 4.78 is 49.3. The minimum absolute atomic E-state index is 0.00771. The van der Waals surface area contributed by atoms with Crippen LogP contribution in [-0.4, -0.2) is 114 Å². The Hall–Kier alpha value is -2.34. The Morgan fingerprint density at radius 3 is 1.71 bits per heavy atom. The number of hydrogen-bond donors (Lipinski definition) is 8. The summed E-state index contributed by atoms with van der Waals surface area (Å²) in [7, 11) is -10.7. The average molecular weight is 981 g/mol. The fourth-order valence-corrected chi connectivity index (χ4v) is 8.40. The van der Waals surface area contributed by atoms with Crippen LogP contribution in [0.2, 0.25) is 0 Å². The molecule has 0 saturated heterocycles. The van der Waals surface area contributed by atoms with Crippen LogP contribution >= 0.6 is 15.6 Å². The van der Waals surface area contributed by atoms with E-state index >= 15 is 0 Å². The molecule has 1 saturated carbocycles. The van der Waals surface area contributed by atoms with E-state index in [1.807, 2.05) is 18.2 Å². The minimum Gasteiger partial charge on any atom is -0.462 e. The highest BCUT2D eigenvalue weighted by Crippen LogP contribution is 2.49. The molecule has 9 atom stereocenters. The van der Waals surface area contributed by atoms with Crippen LogP contribution in [-0.2, 0) is 41.8 Å². The Morgan fingerprint density at radius 1 is 0.561 bits per heavy atom. The second-order valence-corrected chi connectivity index (χ2v) is 19.3. The van der Waals surface area contributed by atoms with Gasteiger partial charge in [0, 0.05) is 12.8 Å². The molecular formula is C47H82O17P2. The second kappa shape index (κ2) is 37.5. The summed E-state index contributed by atoms with van der Waals surface area (Å²) in [6.07, 6.45) is 24.8. The van der Waals surface area contributed by atoms with E-state index in [-0.39, 0.29) is 12.8 Å². The average Bonchev–Trinajstić information content (AvgIpc) is 3.27. The molecule has 6 unspecified atom stereocenters. The third-order valence-corrected chi connectivity index (χ3v) is 12.1. The number of phosphoric ester groups is 2. The molecule has 0 amide bonds. The van der Waals surface area contributed by atoms with E-state index in [0.717, 1.165) is 64.2 Å². The van der Waals surface area contributed by atoms with Crippen molar-refractivity contribution in [2.24, 2.45) is 0 Å². The second-order valence-electron chi connectivity index (χ2n) is 16.7. The molecule has 1 rings (SSSR count). The Balaban J connectivity index is 2.67. The Kier molecular flexibility index (Phi) is 35.1. The van der Waals surface area contributed by atoms with Crippen LogP contribution in [0, 0.1) is 0 Å². The van der Waals surface area contributed by atoms with Gasteiger partial charge in [0.15, 0.2) is 6.10 Å². The van der Waals surface area contributed by atoms with Crippen molar-refractivity contribution in [3.8, 4) is 0 Å². The first kappa shape index (κ1) is 61.7. The topological polar surface area (TPSA) is 276 Å². The Labute approximate surface area is 392 Å². The third-order valence-electron chi connectivity index (χ3n) is 10.6. The number of aliphatic hydroxyl groups excluding tert-OH is 5. The lowest BCUT2D eigenvalue weighted by molar-refractivity contribution is -0.216. The van der Waals surface area contributed by atoms with E-state index in [2.05, 4.69) is 42.7 Å². The number of ether oxygens (including phenoxy) is 2. The summed E-state index contributed by atoms with van der Waals surface area (Å²) in [6.45, 7) is 2.93. The van der Waals surface area contributed by atoms with Crippen LogP contribution in [0.15, 0.2) is 60.8 Å². The highest BCUT2D eigenvalue weighted by atomic mass is 31.2. The number of phosphoric acid groups is 2. The van der Waals surface area contributed by atoms with Crippen LogP contribution in [0.1, 0.15) is 162 Å². The van der Waals surface area contributed by atoms with E-state index in [4.69, 9.17) is 18.5 Å². The third kappa shape index (κ3) is 31.7. The molecule has 1 aliphatic carbocycles. The van der Waals surface area contributed by atoms with E-state index in [1.165, 1.54) is 44.9 Å². The van der Waals surface area contributed by atoms with Crippen molar-refractivity contribution < 1.29 is 82.0 Å². The van der Waals surface area contributed by atoms with Gasteiger partial charge in [0.2, 0.25) is 0 Å². The van der Waals surface area contributed by atoms with Gasteiger partial charge >= 0.3 is 27.6 Å². The zero-order valence-electron chi connectivity index (χ0n) is 39.2. The maximum absolute atomic E-state index is 13.0. The molecule has 382 valence electrons. The minimum atomic E-state index is -5.38. The summed E-state index contributed by atoms with van der Waals surface area (Å²) in [5.74, 6) is -1.34. The summed E-state index contributed by atoms with van der Waals surface area (Å²) in [5.41, 5.74) is 0. The normalized spacial score (nSPS) is 22.5. The molecule has 0 radical (unpaired) electrons. The van der Waals surface area contributed by atoms with Crippen molar-refractivity contribution in [2.75, 3.05) is 13.2 Å². The molecular weight excluding hydrogens is 898 g/mol. The number of unbranched alkanes of at least 4 members (excludes halogenated alkanes) is 15. The number of carbonyl (C=O) groups excluding carboxylic acids is 2. The van der Waals surface area contributed by atoms with E-state index in [9.17, 15) is 58.9 Å². The number of aliphatic hydroxyl groups is 5. The largest absolute Gasteiger partial charge is 0.472 e. The predicted molar refractivity (Wildman–Crippen MR) is 252 cm³/mol. The molecule has 19 heteroatoms. The van der Waals surface area contributed by atoms with Crippen LogP contribution in [0.25, 0.3) is 0 Å². The lowest BCUT2D eigenvalue weighted by Gasteiger charge is -2.43. The van der Waals surface area contributed by atoms with Crippen molar-refractivity contribution in [1.29, 1.82) is 0 Å². The monoisotopic (exact) mass is 981 g/mol. The first-order valence-corrected chi connectivity index (χ1v) is 27.0. The first-order chi connectivity index (χ1) is 31.5. The van der Waals surface area contributed by atoms with Gasteiger partial charge in [-0.15, -0.1) is 0 Å². The van der Waals surface area contributed by atoms with Crippen molar-refractivity contribution in [1.82, 2.24) is 0 Å². The van der Waals surface area contributed by atoms with Gasteiger partial charge in [-0.2, -0.15) is 0 Å². The highest BCUT2D eigenvalue weighted by Gasteiger charge is 2.54. The Morgan fingerprint density at radius 2 is 1.08 bits per heavy atom. The smallest absolute Gasteiger partial charge is 0.462 e. The molecule has 8 N–H and O–H groups in total. The zero-order valence-corrected chi connectivity index (χ0v) is 41.0. The molecule has 0 aliphatic heterocycles. The SMILES string of the molecule is CCCCC/C=C\C/C=C\CC(O)/C=C\C=C\CCCC(=O)OC[C@H](COP(=O)(O)O[C@H]1C(O)C(O)C(O)[C@@H](OP(=O)(O)O)C1O)OC(=O)CCCCCCCCC/C=C\CCCCCC. The number of carbonyl (C=O) groups is 2. The van der Waals surface area contributed by atoms with Crippen LogP contribution in [0.3, 0.4) is 0 Å². The van der Waals surface area contributed by atoms with Crippen LogP contribution in [0.4, 0.5) is 0 Å². The molecule has 1 fully saturated rings. The lowest BCUT2D eigenvalue weighted by atomic mass is 9.85. The predicted octanol–water partition coefficient (Wildman–Crippen LogP) is 8.03. The number of allylic oxidation sites excluding steroid dienone is 8. The van der Waals surface area contributed by atoms with Gasteiger partial charge in [-0.05, 0) is 70.6 Å². The van der Waals surface area contributed by atoms with E-state index in [1.54, 1.807) is 18.2 Å². The number of hydrogen-bond acceptors (Lipinski definition) is 14. The molecule has 0 spiro atoms. The summed E-state index contributed by atoms with van der Waals surface area (Å²) in [5, 5.41) is 51.4. The summed E-state index contributed by atoms with van der Waals surface area (Å²) >= 11 is 0. The first-order valence-electron chi connectivity index (χ1n) is 23.9. The molecule has 0 aromatic rings. The van der Waals surface area contributed by atoms with Gasteiger partial charge in [0.25, 0.3) is 0 Å². The lowest BCUT2D eigenvalue weighted by Crippen LogP contribution is -2.64. The van der Waals surface area contributed by atoms with Crippen molar-refractivity contribution in [3.05, 3.63) is 60.8 Å². The van der Waals surface area contributed by atoms with Crippen molar-refractivity contribution in [2.45, 2.75) is 210 Å². The van der Waals surface area contributed by atoms with Crippen molar-refractivity contribution in [3.63, 3.8) is 0 Å². The van der Waals surface area contributed by atoms with Gasteiger partial charge in [-0.1, -0.05) is 139 Å². The molecule has 0 aromatic heterocycles. The van der Waals surface area contributed by atoms with Gasteiger partial charge in [0.05, 0.1) is 12.7 Å². The van der Waals surface area contributed by atoms with Crippen molar-refractivity contribution >= 4 is 27.6 Å². The number of esters is 2. The molecule has 17 nitrogen and oxygen atoms in total. The van der Waals surface area contributed by atoms with Crippen LogP contribution in [0.5, 0.6) is 0 Å². The fourth-order valence-electron chi connectivity index (χ4n) is 6.86. The maximum atomic E-state index is 13.0. The molecule has 0 bridgehead atoms. The number of rotatable bonds is 39. The van der Waals surface area contributed by atoms with Crippen LogP contribution < -0.4 is 0 Å². The molecule has 66 heavy (non-hydrogen) atoms. The van der Waals surface area contributed by atoms with Gasteiger partial charge in [-0.25, -0.2) is 9.13 Å². The zero-order chi connectivity index (χ0) is 49.1. The highest BCUT2D eigenvalue weighted by molar-refractivity contribution is 7.47.